The molecule has 0 spiro atoms. The minimum Gasteiger partial charge on any atom is -0.432 e. The fraction of sp³-hybridized carbons (Fsp3) is 0.625. The van der Waals surface area contributed by atoms with Crippen molar-refractivity contribution in [2.75, 3.05) is 0 Å². The van der Waals surface area contributed by atoms with Crippen LogP contribution in [0.5, 0.6) is 0 Å². The number of aliphatic hydroxyl groups excluding tert-OH is 1. The van der Waals surface area contributed by atoms with Gasteiger partial charge in [0.25, 0.3) is 0 Å². The van der Waals surface area contributed by atoms with Crippen LogP contribution in [-0.4, -0.2) is 20.6 Å². The van der Waals surface area contributed by atoms with Crippen molar-refractivity contribution in [1.82, 2.24) is 9.38 Å². The highest BCUT2D eigenvalue weighted by Crippen LogP contribution is 2.66. The molecule has 6 rings (SSSR count). The van der Waals surface area contributed by atoms with Crippen molar-refractivity contribution in [2.24, 2.45) is 28.6 Å². The lowest BCUT2D eigenvalue weighted by Crippen LogP contribution is -2.49. The van der Waals surface area contributed by atoms with E-state index >= 15 is 0 Å². The summed E-state index contributed by atoms with van der Waals surface area (Å²) in [6, 6.07) is 0. The van der Waals surface area contributed by atoms with Crippen LogP contribution < -0.4 is 0 Å². The number of hydrogen-bond donors (Lipinski definition) is 1. The van der Waals surface area contributed by atoms with E-state index < -0.39 is 0 Å². The van der Waals surface area contributed by atoms with Crippen molar-refractivity contribution < 1.29 is 9.52 Å². The molecule has 2 saturated carbocycles. The van der Waals surface area contributed by atoms with Gasteiger partial charge in [-0.15, -0.1) is 0 Å². The van der Waals surface area contributed by atoms with Crippen LogP contribution in [0.25, 0.3) is 11.4 Å². The van der Waals surface area contributed by atoms with E-state index in [1.807, 2.05) is 12.4 Å². The molecular weight excluding hydrogens is 348 g/mol. The molecule has 6 atom stereocenters. The van der Waals surface area contributed by atoms with Crippen LogP contribution in [0.1, 0.15) is 64.5 Å². The number of fused-ring (bicyclic) bond motifs is 6. The summed E-state index contributed by atoms with van der Waals surface area (Å²) in [5.41, 5.74) is 4.78. The van der Waals surface area contributed by atoms with Crippen LogP contribution in [0, 0.1) is 28.6 Å². The lowest BCUT2D eigenvalue weighted by atomic mass is 9.47. The zero-order chi connectivity index (χ0) is 19.1. The molecule has 2 aromatic heterocycles. The zero-order valence-electron chi connectivity index (χ0n) is 16.9. The van der Waals surface area contributed by atoms with Crippen LogP contribution in [0.4, 0.5) is 0 Å². The molecule has 4 nitrogen and oxygen atoms in total. The van der Waals surface area contributed by atoms with Gasteiger partial charge in [0, 0.05) is 6.20 Å². The minimum atomic E-state index is -0.122. The van der Waals surface area contributed by atoms with Gasteiger partial charge in [0.1, 0.15) is 6.26 Å². The molecule has 28 heavy (non-hydrogen) atoms. The van der Waals surface area contributed by atoms with Crippen LogP contribution in [0.2, 0.25) is 0 Å². The van der Waals surface area contributed by atoms with Gasteiger partial charge in [0.05, 0.1) is 18.0 Å². The Balaban J connectivity index is 1.36. The molecule has 0 bridgehead atoms. The van der Waals surface area contributed by atoms with Gasteiger partial charge >= 0.3 is 5.84 Å². The maximum atomic E-state index is 10.2. The third-order valence-corrected chi connectivity index (χ3v) is 9.08. The Morgan fingerprint density at radius 2 is 1.96 bits per heavy atom. The normalized spacial score (nSPS) is 42.5. The second-order valence-corrected chi connectivity index (χ2v) is 10.2. The van der Waals surface area contributed by atoms with Crippen LogP contribution in [0.15, 0.2) is 40.8 Å². The Morgan fingerprint density at radius 3 is 2.86 bits per heavy atom. The summed E-state index contributed by atoms with van der Waals surface area (Å²) in [5.74, 6) is 2.92. The van der Waals surface area contributed by atoms with E-state index in [1.165, 1.54) is 37.0 Å². The predicted octanol–water partition coefficient (Wildman–Crippen LogP) is 5.24. The van der Waals surface area contributed by atoms with Crippen LogP contribution in [-0.2, 0) is 0 Å². The average molecular weight is 379 g/mol. The zero-order valence-corrected chi connectivity index (χ0v) is 16.9. The van der Waals surface area contributed by atoms with Gasteiger partial charge in [-0.1, -0.05) is 31.6 Å². The number of aromatic nitrogens is 2. The van der Waals surface area contributed by atoms with Crippen molar-refractivity contribution in [3.05, 3.63) is 42.1 Å². The number of aliphatic hydroxyl groups is 1. The van der Waals surface area contributed by atoms with E-state index in [9.17, 15) is 5.11 Å². The molecular formula is C24H30N2O2. The third-order valence-electron chi connectivity index (χ3n) is 9.08. The largest absolute Gasteiger partial charge is 0.432 e. The van der Waals surface area contributed by atoms with Gasteiger partial charge in [-0.25, -0.2) is 4.98 Å². The van der Waals surface area contributed by atoms with E-state index in [-0.39, 0.29) is 11.5 Å². The van der Waals surface area contributed by atoms with E-state index in [0.717, 1.165) is 31.1 Å². The summed E-state index contributed by atoms with van der Waals surface area (Å²) in [5, 5.41) is 10.2. The summed E-state index contributed by atoms with van der Waals surface area (Å²) >= 11 is 0. The molecule has 4 heteroatoms. The third kappa shape index (κ3) is 2.07. The summed E-state index contributed by atoms with van der Waals surface area (Å²) < 4.78 is 7.60. The summed E-state index contributed by atoms with van der Waals surface area (Å²) in [6.07, 6.45) is 18.5. The maximum Gasteiger partial charge on any atom is 0.306 e. The number of oxazole rings is 1. The molecule has 0 aromatic carbocycles. The highest BCUT2D eigenvalue weighted by Gasteiger charge is 2.57. The Bertz CT molecular complexity index is 997. The topological polar surface area (TPSA) is 50.7 Å². The molecule has 1 N–H and O–H groups in total. The molecule has 2 heterocycles. The fourth-order valence-electron chi connectivity index (χ4n) is 7.53. The number of hydrogen-bond acceptors (Lipinski definition) is 3. The Kier molecular flexibility index (Phi) is 3.43. The molecule has 0 aliphatic heterocycles. The monoisotopic (exact) mass is 378 g/mol. The van der Waals surface area contributed by atoms with Gasteiger partial charge in [-0.2, -0.15) is 0 Å². The predicted molar refractivity (Wildman–Crippen MR) is 109 cm³/mol. The highest BCUT2D eigenvalue weighted by molar-refractivity contribution is 5.72. The van der Waals surface area contributed by atoms with E-state index in [2.05, 4.69) is 35.4 Å². The van der Waals surface area contributed by atoms with Crippen molar-refractivity contribution in [2.45, 2.75) is 64.9 Å². The van der Waals surface area contributed by atoms with Crippen molar-refractivity contribution in [3.63, 3.8) is 0 Å². The quantitative estimate of drug-likeness (QED) is 0.690. The van der Waals surface area contributed by atoms with E-state index in [0.29, 0.717) is 17.2 Å². The van der Waals surface area contributed by atoms with Gasteiger partial charge in [-0.05, 0) is 79.1 Å². The van der Waals surface area contributed by atoms with E-state index in [1.54, 1.807) is 11.8 Å². The SMILES string of the molecule is C[C@]12CC[C@H](O)CC1=CC[C@@H]1[C@@H]2CC[C@]2(C)C(c3cnc4occn34)=CC[C@@H]12. The lowest BCUT2D eigenvalue weighted by Gasteiger charge is -2.57. The molecule has 4 aliphatic rings. The second-order valence-electron chi connectivity index (χ2n) is 10.2. The molecule has 2 aromatic rings. The first-order chi connectivity index (χ1) is 13.5. The van der Waals surface area contributed by atoms with Crippen molar-refractivity contribution in [1.29, 1.82) is 0 Å². The molecule has 0 saturated heterocycles. The first-order valence-corrected chi connectivity index (χ1v) is 11.0. The summed E-state index contributed by atoms with van der Waals surface area (Å²) in [7, 11) is 0. The van der Waals surface area contributed by atoms with Gasteiger partial charge < -0.3 is 9.52 Å². The highest BCUT2D eigenvalue weighted by atomic mass is 16.3. The Hall–Kier alpha value is -1.81. The molecule has 2 fully saturated rings. The molecule has 0 unspecified atom stereocenters. The number of nitrogens with zero attached hydrogens (tertiary/aromatic N) is 2. The van der Waals surface area contributed by atoms with Gasteiger partial charge in [0.2, 0.25) is 0 Å². The van der Waals surface area contributed by atoms with Crippen LogP contribution >= 0.6 is 0 Å². The van der Waals surface area contributed by atoms with E-state index in [4.69, 9.17) is 4.42 Å². The smallest absolute Gasteiger partial charge is 0.306 e. The first-order valence-electron chi connectivity index (χ1n) is 11.0. The number of rotatable bonds is 1. The molecule has 0 amide bonds. The Morgan fingerprint density at radius 1 is 1.11 bits per heavy atom. The maximum absolute atomic E-state index is 10.2. The van der Waals surface area contributed by atoms with Crippen LogP contribution in [0.3, 0.4) is 0 Å². The fourth-order valence-corrected chi connectivity index (χ4v) is 7.53. The average Bonchev–Trinajstić information content (AvgIpc) is 3.36. The molecule has 0 radical (unpaired) electrons. The minimum absolute atomic E-state index is 0.122. The Labute approximate surface area is 166 Å². The standard InChI is InChI=1S/C24H30N2O2/c1-23-9-7-16(27)13-15(23)3-4-17-18-5-6-20(24(18,2)10-8-19(17)23)21-14-25-22-26(21)11-12-28-22/h3,6,11-12,14,16-19,27H,4-5,7-10,13H2,1-2H3/t16-,17-,18-,19-,23-,24-/m0/s1. The van der Waals surface area contributed by atoms with Crippen molar-refractivity contribution in [3.8, 4) is 0 Å². The summed E-state index contributed by atoms with van der Waals surface area (Å²) in [4.78, 5) is 4.47. The van der Waals surface area contributed by atoms with Gasteiger partial charge in [-0.3, -0.25) is 4.40 Å². The second kappa shape index (κ2) is 5.63. The summed E-state index contributed by atoms with van der Waals surface area (Å²) in [6.45, 7) is 5.00. The van der Waals surface area contributed by atoms with Gasteiger partial charge in [0.15, 0.2) is 0 Å². The molecule has 4 aliphatic carbocycles. The number of allylic oxidation sites excluding steroid dienone is 3. The lowest BCUT2D eigenvalue weighted by molar-refractivity contribution is -0.0238. The molecule has 148 valence electrons. The first kappa shape index (κ1) is 17.1. The van der Waals surface area contributed by atoms with Crippen molar-refractivity contribution >= 4 is 11.4 Å². The number of imidazole rings is 1.